The molecule has 1 amide bonds. The third-order valence-corrected chi connectivity index (χ3v) is 2.77. The van der Waals surface area contributed by atoms with Crippen molar-refractivity contribution in [3.8, 4) is 11.5 Å². The van der Waals surface area contributed by atoms with E-state index in [2.05, 4.69) is 10.6 Å². The number of benzene rings is 1. The van der Waals surface area contributed by atoms with Gasteiger partial charge in [0, 0.05) is 24.7 Å². The monoisotopic (exact) mass is 280 g/mol. The van der Waals surface area contributed by atoms with Gasteiger partial charge in [-0.15, -0.1) is 0 Å². The molecule has 5 heteroatoms. The first-order valence-corrected chi connectivity index (χ1v) is 6.98. The molecule has 0 spiro atoms. The molecule has 1 rings (SSSR count). The average Bonchev–Trinajstić information content (AvgIpc) is 2.49. The van der Waals surface area contributed by atoms with Gasteiger partial charge in [0.1, 0.15) is 11.5 Å². The Hall–Kier alpha value is -1.75. The molecule has 0 atom stereocenters. The SMILES string of the molecule is CCCNC(=O)COc1cc(OC)ccc1CNCC. The number of amides is 1. The van der Waals surface area contributed by atoms with Crippen LogP contribution < -0.4 is 20.1 Å². The summed E-state index contributed by atoms with van der Waals surface area (Å²) in [5, 5.41) is 6.03. The predicted molar refractivity (Wildman–Crippen MR) is 79.2 cm³/mol. The van der Waals surface area contributed by atoms with Crippen molar-refractivity contribution in [2.24, 2.45) is 0 Å². The van der Waals surface area contributed by atoms with Crippen LogP contribution in [0.25, 0.3) is 0 Å². The molecule has 1 aromatic rings. The van der Waals surface area contributed by atoms with Crippen molar-refractivity contribution < 1.29 is 14.3 Å². The van der Waals surface area contributed by atoms with E-state index in [1.165, 1.54) is 0 Å². The highest BCUT2D eigenvalue weighted by molar-refractivity contribution is 5.77. The molecule has 0 saturated carbocycles. The number of rotatable bonds is 9. The molecular weight excluding hydrogens is 256 g/mol. The standard InChI is InChI=1S/C15H24N2O3/c1-4-8-17-15(18)11-20-14-9-13(19-3)7-6-12(14)10-16-5-2/h6-7,9,16H,4-5,8,10-11H2,1-3H3,(H,17,18). The maximum Gasteiger partial charge on any atom is 0.257 e. The number of nitrogens with one attached hydrogen (secondary N) is 2. The first kappa shape index (κ1) is 16.3. The highest BCUT2D eigenvalue weighted by atomic mass is 16.5. The second kappa shape index (κ2) is 9.20. The van der Waals surface area contributed by atoms with Crippen LogP contribution in [0.4, 0.5) is 0 Å². The molecule has 0 saturated heterocycles. The van der Waals surface area contributed by atoms with Gasteiger partial charge in [0.25, 0.3) is 5.91 Å². The van der Waals surface area contributed by atoms with Gasteiger partial charge in [0.15, 0.2) is 6.61 Å². The molecule has 0 unspecified atom stereocenters. The number of carbonyl (C=O) groups excluding carboxylic acids is 1. The Kier molecular flexibility index (Phi) is 7.50. The minimum Gasteiger partial charge on any atom is -0.497 e. The van der Waals surface area contributed by atoms with Gasteiger partial charge in [-0.05, 0) is 19.0 Å². The van der Waals surface area contributed by atoms with Crippen LogP contribution in [0.5, 0.6) is 11.5 Å². The Bertz CT molecular complexity index is 422. The summed E-state index contributed by atoms with van der Waals surface area (Å²) in [5.74, 6) is 1.29. The van der Waals surface area contributed by atoms with E-state index < -0.39 is 0 Å². The van der Waals surface area contributed by atoms with E-state index in [0.717, 1.165) is 18.5 Å². The summed E-state index contributed by atoms with van der Waals surface area (Å²) in [4.78, 5) is 11.6. The summed E-state index contributed by atoms with van der Waals surface area (Å²) in [6.07, 6.45) is 0.913. The molecule has 0 radical (unpaired) electrons. The smallest absolute Gasteiger partial charge is 0.257 e. The van der Waals surface area contributed by atoms with Crippen LogP contribution in [-0.2, 0) is 11.3 Å². The van der Waals surface area contributed by atoms with Crippen molar-refractivity contribution in [1.29, 1.82) is 0 Å². The van der Waals surface area contributed by atoms with Crippen LogP contribution in [0.15, 0.2) is 18.2 Å². The Morgan fingerprint density at radius 1 is 1.30 bits per heavy atom. The number of hydrogen-bond donors (Lipinski definition) is 2. The molecule has 1 aromatic carbocycles. The zero-order chi connectivity index (χ0) is 14.8. The van der Waals surface area contributed by atoms with Crippen molar-refractivity contribution in [3.63, 3.8) is 0 Å². The number of ether oxygens (including phenoxy) is 2. The van der Waals surface area contributed by atoms with E-state index in [1.807, 2.05) is 26.0 Å². The van der Waals surface area contributed by atoms with E-state index in [9.17, 15) is 4.79 Å². The van der Waals surface area contributed by atoms with Gasteiger partial charge in [-0.1, -0.05) is 19.9 Å². The first-order chi connectivity index (χ1) is 9.71. The zero-order valence-electron chi connectivity index (χ0n) is 12.5. The fraction of sp³-hybridized carbons (Fsp3) is 0.533. The fourth-order valence-corrected chi connectivity index (χ4v) is 1.66. The second-order valence-electron chi connectivity index (χ2n) is 4.39. The van der Waals surface area contributed by atoms with Crippen LogP contribution in [0.3, 0.4) is 0 Å². The van der Waals surface area contributed by atoms with Crippen molar-refractivity contribution >= 4 is 5.91 Å². The number of methoxy groups -OCH3 is 1. The minimum absolute atomic E-state index is 0.0201. The molecular formula is C15H24N2O3. The minimum atomic E-state index is -0.107. The van der Waals surface area contributed by atoms with E-state index >= 15 is 0 Å². The van der Waals surface area contributed by atoms with Crippen LogP contribution in [0, 0.1) is 0 Å². The third kappa shape index (κ3) is 5.48. The van der Waals surface area contributed by atoms with Crippen LogP contribution in [0.1, 0.15) is 25.8 Å². The van der Waals surface area contributed by atoms with Gasteiger partial charge in [-0.2, -0.15) is 0 Å². The van der Waals surface area contributed by atoms with Crippen LogP contribution >= 0.6 is 0 Å². The molecule has 2 N–H and O–H groups in total. The molecule has 5 nitrogen and oxygen atoms in total. The Balaban J connectivity index is 2.66. The van der Waals surface area contributed by atoms with Crippen molar-refractivity contribution in [1.82, 2.24) is 10.6 Å². The molecule has 112 valence electrons. The van der Waals surface area contributed by atoms with Gasteiger partial charge < -0.3 is 20.1 Å². The van der Waals surface area contributed by atoms with Crippen molar-refractivity contribution in [2.45, 2.75) is 26.8 Å². The maximum atomic E-state index is 11.6. The lowest BCUT2D eigenvalue weighted by Crippen LogP contribution is -2.29. The summed E-state index contributed by atoms with van der Waals surface area (Å²) >= 11 is 0. The average molecular weight is 280 g/mol. The Morgan fingerprint density at radius 3 is 2.75 bits per heavy atom. The summed E-state index contributed by atoms with van der Waals surface area (Å²) in [5.41, 5.74) is 1.01. The number of carbonyl (C=O) groups is 1. The lowest BCUT2D eigenvalue weighted by atomic mass is 10.2. The topological polar surface area (TPSA) is 59.6 Å². The normalized spacial score (nSPS) is 10.2. The second-order valence-corrected chi connectivity index (χ2v) is 4.39. The Morgan fingerprint density at radius 2 is 2.10 bits per heavy atom. The molecule has 0 heterocycles. The molecule has 0 aliphatic heterocycles. The summed E-state index contributed by atoms with van der Waals surface area (Å²) < 4.78 is 10.8. The van der Waals surface area contributed by atoms with Crippen molar-refractivity contribution in [3.05, 3.63) is 23.8 Å². The van der Waals surface area contributed by atoms with Gasteiger partial charge >= 0.3 is 0 Å². The molecule has 0 aromatic heterocycles. The van der Waals surface area contributed by atoms with Gasteiger partial charge in [0.05, 0.1) is 7.11 Å². The summed E-state index contributed by atoms with van der Waals surface area (Å²) in [7, 11) is 1.61. The Labute approximate surface area is 120 Å². The summed E-state index contributed by atoms with van der Waals surface area (Å²) in [6.45, 7) is 6.33. The zero-order valence-corrected chi connectivity index (χ0v) is 12.5. The molecule has 0 aliphatic rings. The largest absolute Gasteiger partial charge is 0.497 e. The highest BCUT2D eigenvalue weighted by Gasteiger charge is 2.08. The molecule has 0 bridgehead atoms. The van der Waals surface area contributed by atoms with E-state index in [-0.39, 0.29) is 12.5 Å². The lowest BCUT2D eigenvalue weighted by Gasteiger charge is -2.13. The van der Waals surface area contributed by atoms with Crippen LogP contribution in [0.2, 0.25) is 0 Å². The van der Waals surface area contributed by atoms with Crippen LogP contribution in [-0.4, -0.2) is 32.7 Å². The van der Waals surface area contributed by atoms with E-state index in [1.54, 1.807) is 13.2 Å². The molecule has 0 aliphatic carbocycles. The van der Waals surface area contributed by atoms with Gasteiger partial charge in [-0.25, -0.2) is 0 Å². The first-order valence-electron chi connectivity index (χ1n) is 6.98. The maximum absolute atomic E-state index is 11.6. The summed E-state index contributed by atoms with van der Waals surface area (Å²) in [6, 6.07) is 5.64. The molecule has 20 heavy (non-hydrogen) atoms. The fourth-order valence-electron chi connectivity index (χ4n) is 1.66. The highest BCUT2D eigenvalue weighted by Crippen LogP contribution is 2.24. The van der Waals surface area contributed by atoms with Gasteiger partial charge in [0.2, 0.25) is 0 Å². The van der Waals surface area contributed by atoms with E-state index in [0.29, 0.717) is 24.6 Å². The quantitative estimate of drug-likeness (QED) is 0.723. The van der Waals surface area contributed by atoms with Crippen molar-refractivity contribution in [2.75, 3.05) is 26.8 Å². The van der Waals surface area contributed by atoms with E-state index in [4.69, 9.17) is 9.47 Å². The van der Waals surface area contributed by atoms with Gasteiger partial charge in [-0.3, -0.25) is 4.79 Å². The number of hydrogen-bond acceptors (Lipinski definition) is 4. The molecule has 0 fully saturated rings. The lowest BCUT2D eigenvalue weighted by molar-refractivity contribution is -0.123. The third-order valence-electron chi connectivity index (χ3n) is 2.77. The predicted octanol–water partition coefficient (Wildman–Crippen LogP) is 1.71.